The fourth-order valence-corrected chi connectivity index (χ4v) is 3.14. The number of aromatic nitrogens is 4. The average Bonchev–Trinajstić information content (AvgIpc) is 2.62. The lowest BCUT2D eigenvalue weighted by Crippen LogP contribution is -2.37. The Kier molecular flexibility index (Phi) is 4.41. The molecule has 0 spiro atoms. The van der Waals surface area contributed by atoms with Crippen LogP contribution in [0.4, 0.5) is 0 Å². The van der Waals surface area contributed by atoms with E-state index in [1.165, 1.54) is 18.7 Å². The van der Waals surface area contributed by atoms with Crippen LogP contribution >= 0.6 is 11.8 Å². The molecule has 0 radical (unpaired) electrons. The molecular formula is C16H15N5O3S. The summed E-state index contributed by atoms with van der Waals surface area (Å²) in [5.41, 5.74) is 5.17. The molecule has 0 fully saturated rings. The van der Waals surface area contributed by atoms with Crippen LogP contribution < -0.4 is 17.0 Å². The van der Waals surface area contributed by atoms with Crippen molar-refractivity contribution in [3.05, 3.63) is 51.2 Å². The minimum absolute atomic E-state index is 0.0354. The molecule has 0 saturated heterocycles. The van der Waals surface area contributed by atoms with Crippen molar-refractivity contribution in [2.45, 2.75) is 5.03 Å². The van der Waals surface area contributed by atoms with Gasteiger partial charge in [0.2, 0.25) is 5.91 Å². The van der Waals surface area contributed by atoms with Gasteiger partial charge in [0.05, 0.1) is 5.75 Å². The van der Waals surface area contributed by atoms with Crippen LogP contribution in [0.5, 0.6) is 0 Å². The third-order valence-electron chi connectivity index (χ3n) is 3.65. The first-order valence-corrected chi connectivity index (χ1v) is 8.33. The molecule has 0 aliphatic carbocycles. The van der Waals surface area contributed by atoms with Crippen molar-refractivity contribution >= 4 is 28.7 Å². The molecule has 1 amide bonds. The van der Waals surface area contributed by atoms with Gasteiger partial charge in [-0.3, -0.25) is 18.7 Å². The summed E-state index contributed by atoms with van der Waals surface area (Å²) in [6, 6.07) is 9.18. The largest absolute Gasteiger partial charge is 0.369 e. The molecule has 3 rings (SSSR count). The van der Waals surface area contributed by atoms with Crippen molar-refractivity contribution in [1.82, 2.24) is 19.1 Å². The van der Waals surface area contributed by atoms with E-state index in [0.29, 0.717) is 10.9 Å². The minimum Gasteiger partial charge on any atom is -0.369 e. The summed E-state index contributed by atoms with van der Waals surface area (Å²) >= 11 is 1.05. The van der Waals surface area contributed by atoms with Crippen LogP contribution in [0.1, 0.15) is 0 Å². The molecular weight excluding hydrogens is 342 g/mol. The first-order valence-electron chi connectivity index (χ1n) is 7.34. The van der Waals surface area contributed by atoms with Crippen LogP contribution in [0.25, 0.3) is 22.4 Å². The minimum atomic E-state index is -0.528. The second-order valence-electron chi connectivity index (χ2n) is 5.38. The maximum absolute atomic E-state index is 12.6. The van der Waals surface area contributed by atoms with Gasteiger partial charge >= 0.3 is 5.69 Å². The van der Waals surface area contributed by atoms with Gasteiger partial charge in [-0.15, -0.1) is 0 Å². The third kappa shape index (κ3) is 3.05. The van der Waals surface area contributed by atoms with Crippen LogP contribution in [-0.2, 0) is 18.9 Å². The first-order chi connectivity index (χ1) is 11.9. The fraction of sp³-hybridized carbons (Fsp3) is 0.188. The topological polar surface area (TPSA) is 113 Å². The maximum atomic E-state index is 12.6. The van der Waals surface area contributed by atoms with Crippen LogP contribution in [-0.4, -0.2) is 30.8 Å². The lowest BCUT2D eigenvalue weighted by atomic mass is 10.2. The average molecular weight is 357 g/mol. The monoisotopic (exact) mass is 357 g/mol. The summed E-state index contributed by atoms with van der Waals surface area (Å²) in [7, 11) is 2.92. The number of hydrogen-bond acceptors (Lipinski definition) is 6. The molecule has 3 aromatic rings. The second-order valence-corrected chi connectivity index (χ2v) is 6.34. The Morgan fingerprint density at radius 3 is 2.44 bits per heavy atom. The lowest BCUT2D eigenvalue weighted by Gasteiger charge is -2.11. The SMILES string of the molecule is Cn1c(=O)c2c(SCC(N)=O)nc(-c3ccccc3)nc2n(C)c1=O. The Morgan fingerprint density at radius 2 is 1.80 bits per heavy atom. The highest BCUT2D eigenvalue weighted by Crippen LogP contribution is 2.25. The molecule has 2 N–H and O–H groups in total. The first kappa shape index (κ1) is 16.9. The normalized spacial score (nSPS) is 11.0. The number of nitrogens with zero attached hydrogens (tertiary/aromatic N) is 4. The van der Waals surface area contributed by atoms with Crippen LogP contribution in [0, 0.1) is 0 Å². The highest BCUT2D eigenvalue weighted by Gasteiger charge is 2.18. The molecule has 9 heteroatoms. The Labute approximate surface area is 146 Å². The van der Waals surface area contributed by atoms with Crippen molar-refractivity contribution in [3.63, 3.8) is 0 Å². The number of rotatable bonds is 4. The van der Waals surface area contributed by atoms with E-state index in [0.717, 1.165) is 21.9 Å². The summed E-state index contributed by atoms with van der Waals surface area (Å²) in [4.78, 5) is 44.8. The van der Waals surface area contributed by atoms with Crippen LogP contribution in [0.15, 0.2) is 44.9 Å². The molecule has 0 bridgehead atoms. The molecule has 128 valence electrons. The van der Waals surface area contributed by atoms with Crippen molar-refractivity contribution in [1.29, 1.82) is 0 Å². The number of hydrogen-bond donors (Lipinski definition) is 1. The van der Waals surface area contributed by atoms with Gasteiger partial charge < -0.3 is 5.73 Å². The standard InChI is InChI=1S/C16H15N5O3S/c1-20-13-11(15(23)21(2)16(20)24)14(25-8-10(17)22)19-12(18-13)9-6-4-3-5-7-9/h3-7H,8H2,1-2H3,(H2,17,22). The van der Waals surface area contributed by atoms with E-state index >= 15 is 0 Å². The van der Waals surface area contributed by atoms with Gasteiger partial charge in [0.15, 0.2) is 11.5 Å². The van der Waals surface area contributed by atoms with Crippen molar-refractivity contribution < 1.29 is 4.79 Å². The number of nitrogens with two attached hydrogens (primary N) is 1. The molecule has 25 heavy (non-hydrogen) atoms. The maximum Gasteiger partial charge on any atom is 0.332 e. The van der Waals surface area contributed by atoms with Gasteiger partial charge in [0.25, 0.3) is 5.56 Å². The van der Waals surface area contributed by atoms with E-state index in [2.05, 4.69) is 9.97 Å². The molecule has 2 heterocycles. The van der Waals surface area contributed by atoms with Gasteiger partial charge in [0.1, 0.15) is 10.4 Å². The molecule has 8 nitrogen and oxygen atoms in total. The smallest absolute Gasteiger partial charge is 0.332 e. The Morgan fingerprint density at radius 1 is 1.12 bits per heavy atom. The number of carbonyl (C=O) groups excluding carboxylic acids is 1. The van der Waals surface area contributed by atoms with Crippen molar-refractivity contribution in [3.8, 4) is 11.4 Å². The highest BCUT2D eigenvalue weighted by molar-refractivity contribution is 8.00. The van der Waals surface area contributed by atoms with Gasteiger partial charge in [-0.1, -0.05) is 42.1 Å². The molecule has 2 aromatic heterocycles. The number of primary amides is 1. The molecule has 0 atom stereocenters. The number of thioether (sulfide) groups is 1. The summed E-state index contributed by atoms with van der Waals surface area (Å²) in [5, 5.41) is 0.509. The summed E-state index contributed by atoms with van der Waals surface area (Å²) in [6.45, 7) is 0. The molecule has 0 aliphatic heterocycles. The quantitative estimate of drug-likeness (QED) is 0.530. The van der Waals surface area contributed by atoms with Crippen molar-refractivity contribution in [2.24, 2.45) is 19.8 Å². The molecule has 0 aliphatic rings. The summed E-state index contributed by atoms with van der Waals surface area (Å²) < 4.78 is 2.28. The number of benzene rings is 1. The van der Waals surface area contributed by atoms with E-state index in [9.17, 15) is 14.4 Å². The van der Waals surface area contributed by atoms with E-state index in [1.807, 2.05) is 30.3 Å². The van der Waals surface area contributed by atoms with E-state index in [-0.39, 0.29) is 16.8 Å². The van der Waals surface area contributed by atoms with Gasteiger partial charge in [-0.05, 0) is 0 Å². The molecule has 1 aromatic carbocycles. The van der Waals surface area contributed by atoms with Crippen LogP contribution in [0.3, 0.4) is 0 Å². The number of amides is 1. The number of aryl methyl sites for hydroxylation is 1. The number of carbonyl (C=O) groups is 1. The Hall–Kier alpha value is -2.94. The van der Waals surface area contributed by atoms with Crippen LogP contribution in [0.2, 0.25) is 0 Å². The molecule has 0 unspecified atom stereocenters. The highest BCUT2D eigenvalue weighted by atomic mass is 32.2. The summed E-state index contributed by atoms with van der Waals surface area (Å²) in [6.07, 6.45) is 0. The van der Waals surface area contributed by atoms with Gasteiger partial charge in [-0.2, -0.15) is 0 Å². The second kappa shape index (κ2) is 6.52. The number of fused-ring (bicyclic) bond motifs is 1. The zero-order chi connectivity index (χ0) is 18.1. The van der Waals surface area contributed by atoms with Gasteiger partial charge in [0, 0.05) is 19.7 Å². The van der Waals surface area contributed by atoms with E-state index < -0.39 is 17.2 Å². The lowest BCUT2D eigenvalue weighted by molar-refractivity contribution is -0.115. The summed E-state index contributed by atoms with van der Waals surface area (Å²) in [5.74, 6) is -0.199. The predicted molar refractivity (Wildman–Crippen MR) is 95.4 cm³/mol. The molecule has 0 saturated carbocycles. The Balaban J connectivity index is 2.38. The zero-order valence-corrected chi connectivity index (χ0v) is 14.4. The zero-order valence-electron chi connectivity index (χ0n) is 13.6. The third-order valence-corrected chi connectivity index (χ3v) is 4.65. The Bertz CT molecular complexity index is 1090. The van der Waals surface area contributed by atoms with E-state index in [4.69, 9.17) is 5.73 Å². The van der Waals surface area contributed by atoms with E-state index in [1.54, 1.807) is 0 Å². The fourth-order valence-electron chi connectivity index (χ4n) is 2.39. The predicted octanol–water partition coefficient (Wildman–Crippen LogP) is 0.272. The van der Waals surface area contributed by atoms with Gasteiger partial charge in [-0.25, -0.2) is 14.8 Å². The van der Waals surface area contributed by atoms with Crippen molar-refractivity contribution in [2.75, 3.05) is 5.75 Å².